The second kappa shape index (κ2) is 3.85. The SMILES string of the molecule is Cc1ccc(CNC2CNC2)cn1. The first-order valence-electron chi connectivity index (χ1n) is 4.70. The zero-order valence-corrected chi connectivity index (χ0v) is 7.88. The lowest BCUT2D eigenvalue weighted by Crippen LogP contribution is -2.54. The molecule has 70 valence electrons. The third-order valence-electron chi connectivity index (χ3n) is 2.35. The third kappa shape index (κ3) is 2.26. The summed E-state index contributed by atoms with van der Waals surface area (Å²) in [6.07, 6.45) is 1.94. The quantitative estimate of drug-likeness (QED) is 0.704. The summed E-state index contributed by atoms with van der Waals surface area (Å²) in [5.41, 5.74) is 2.34. The predicted molar refractivity (Wildman–Crippen MR) is 52.5 cm³/mol. The van der Waals surface area contributed by atoms with Crippen LogP contribution in [0.15, 0.2) is 18.3 Å². The highest BCUT2D eigenvalue weighted by molar-refractivity contribution is 5.13. The van der Waals surface area contributed by atoms with Gasteiger partial charge in [-0.2, -0.15) is 0 Å². The van der Waals surface area contributed by atoms with Gasteiger partial charge < -0.3 is 10.6 Å². The Hall–Kier alpha value is -0.930. The Morgan fingerprint density at radius 3 is 2.92 bits per heavy atom. The van der Waals surface area contributed by atoms with Crippen LogP contribution in [-0.2, 0) is 6.54 Å². The van der Waals surface area contributed by atoms with Crippen LogP contribution in [0.2, 0.25) is 0 Å². The summed E-state index contributed by atoms with van der Waals surface area (Å²) in [6.45, 7) is 5.13. The summed E-state index contributed by atoms with van der Waals surface area (Å²) in [5.74, 6) is 0. The van der Waals surface area contributed by atoms with Crippen molar-refractivity contribution in [3.63, 3.8) is 0 Å². The Kier molecular flexibility index (Phi) is 2.57. The molecule has 1 fully saturated rings. The van der Waals surface area contributed by atoms with Crippen LogP contribution in [0.4, 0.5) is 0 Å². The highest BCUT2D eigenvalue weighted by atomic mass is 15.1. The van der Waals surface area contributed by atoms with Gasteiger partial charge in [0.25, 0.3) is 0 Å². The molecular weight excluding hydrogens is 162 g/mol. The zero-order valence-electron chi connectivity index (χ0n) is 7.88. The number of pyridine rings is 1. The topological polar surface area (TPSA) is 37.0 Å². The molecule has 3 nitrogen and oxygen atoms in total. The van der Waals surface area contributed by atoms with E-state index in [9.17, 15) is 0 Å². The van der Waals surface area contributed by atoms with Crippen molar-refractivity contribution in [1.29, 1.82) is 0 Å². The van der Waals surface area contributed by atoms with Crippen molar-refractivity contribution in [2.45, 2.75) is 19.5 Å². The van der Waals surface area contributed by atoms with Crippen molar-refractivity contribution >= 4 is 0 Å². The molecule has 0 atom stereocenters. The Bertz CT molecular complexity index is 264. The van der Waals surface area contributed by atoms with Crippen LogP contribution in [0.1, 0.15) is 11.3 Å². The van der Waals surface area contributed by atoms with Crippen molar-refractivity contribution in [3.8, 4) is 0 Å². The number of nitrogens with one attached hydrogen (secondary N) is 2. The van der Waals surface area contributed by atoms with Crippen LogP contribution in [0.5, 0.6) is 0 Å². The Morgan fingerprint density at radius 2 is 2.38 bits per heavy atom. The lowest BCUT2D eigenvalue weighted by molar-refractivity contribution is 0.365. The molecule has 0 spiro atoms. The number of aryl methyl sites for hydroxylation is 1. The normalized spacial score (nSPS) is 17.0. The molecule has 0 radical (unpaired) electrons. The molecule has 0 unspecified atom stereocenters. The second-order valence-electron chi connectivity index (χ2n) is 3.54. The van der Waals surface area contributed by atoms with Crippen molar-refractivity contribution in [3.05, 3.63) is 29.6 Å². The molecule has 1 aromatic heterocycles. The molecule has 1 aliphatic rings. The zero-order chi connectivity index (χ0) is 9.10. The maximum absolute atomic E-state index is 4.25. The summed E-state index contributed by atoms with van der Waals surface area (Å²) < 4.78 is 0. The highest BCUT2D eigenvalue weighted by Gasteiger charge is 2.14. The average molecular weight is 177 g/mol. The molecule has 2 rings (SSSR count). The number of nitrogens with zero attached hydrogens (tertiary/aromatic N) is 1. The van der Waals surface area contributed by atoms with Crippen LogP contribution in [0.25, 0.3) is 0 Å². The molecule has 1 saturated heterocycles. The van der Waals surface area contributed by atoms with Crippen molar-refractivity contribution in [2.75, 3.05) is 13.1 Å². The summed E-state index contributed by atoms with van der Waals surface area (Å²) in [4.78, 5) is 4.25. The van der Waals surface area contributed by atoms with E-state index in [-0.39, 0.29) is 0 Å². The molecule has 0 saturated carbocycles. The summed E-state index contributed by atoms with van der Waals surface area (Å²) in [7, 11) is 0. The largest absolute Gasteiger partial charge is 0.314 e. The lowest BCUT2D eigenvalue weighted by atomic mass is 10.1. The minimum Gasteiger partial charge on any atom is -0.314 e. The molecule has 0 bridgehead atoms. The number of hydrogen-bond donors (Lipinski definition) is 2. The van der Waals surface area contributed by atoms with Gasteiger partial charge in [0, 0.05) is 37.6 Å². The van der Waals surface area contributed by atoms with Crippen molar-refractivity contribution < 1.29 is 0 Å². The van der Waals surface area contributed by atoms with E-state index in [0.29, 0.717) is 6.04 Å². The van der Waals surface area contributed by atoms with Gasteiger partial charge in [-0.1, -0.05) is 6.07 Å². The summed E-state index contributed by atoms with van der Waals surface area (Å²) >= 11 is 0. The van der Waals surface area contributed by atoms with Gasteiger partial charge >= 0.3 is 0 Å². The smallest absolute Gasteiger partial charge is 0.0372 e. The van der Waals surface area contributed by atoms with Gasteiger partial charge in [0.15, 0.2) is 0 Å². The molecule has 13 heavy (non-hydrogen) atoms. The van der Waals surface area contributed by atoms with Crippen LogP contribution < -0.4 is 10.6 Å². The third-order valence-corrected chi connectivity index (χ3v) is 2.35. The standard InChI is InChI=1S/C10H15N3/c1-8-2-3-9(4-12-8)5-13-10-6-11-7-10/h2-4,10-11,13H,5-7H2,1H3. The van der Waals surface area contributed by atoms with E-state index in [2.05, 4.69) is 27.8 Å². The molecule has 2 heterocycles. The van der Waals surface area contributed by atoms with E-state index in [0.717, 1.165) is 25.3 Å². The van der Waals surface area contributed by atoms with Crippen LogP contribution in [-0.4, -0.2) is 24.1 Å². The number of hydrogen-bond acceptors (Lipinski definition) is 3. The van der Waals surface area contributed by atoms with E-state index in [1.807, 2.05) is 13.1 Å². The first-order chi connectivity index (χ1) is 6.34. The van der Waals surface area contributed by atoms with E-state index in [1.165, 1.54) is 5.56 Å². The van der Waals surface area contributed by atoms with E-state index in [4.69, 9.17) is 0 Å². The lowest BCUT2D eigenvalue weighted by Gasteiger charge is -2.28. The molecule has 2 N–H and O–H groups in total. The van der Waals surface area contributed by atoms with E-state index in [1.54, 1.807) is 0 Å². The van der Waals surface area contributed by atoms with Crippen molar-refractivity contribution in [1.82, 2.24) is 15.6 Å². The van der Waals surface area contributed by atoms with Gasteiger partial charge in [-0.3, -0.25) is 4.98 Å². The predicted octanol–water partition coefficient (Wildman–Crippen LogP) is 0.451. The molecule has 1 aromatic rings. The van der Waals surface area contributed by atoms with Gasteiger partial charge in [0.05, 0.1) is 0 Å². The highest BCUT2D eigenvalue weighted by Crippen LogP contribution is 2.00. The maximum Gasteiger partial charge on any atom is 0.0372 e. The Morgan fingerprint density at radius 1 is 1.54 bits per heavy atom. The molecule has 3 heteroatoms. The molecule has 0 aromatic carbocycles. The monoisotopic (exact) mass is 177 g/mol. The van der Waals surface area contributed by atoms with Crippen LogP contribution >= 0.6 is 0 Å². The maximum atomic E-state index is 4.25. The van der Waals surface area contributed by atoms with Crippen LogP contribution in [0, 0.1) is 6.92 Å². The minimum atomic E-state index is 0.654. The fourth-order valence-electron chi connectivity index (χ4n) is 1.30. The second-order valence-corrected chi connectivity index (χ2v) is 3.54. The minimum absolute atomic E-state index is 0.654. The van der Waals surface area contributed by atoms with Crippen molar-refractivity contribution in [2.24, 2.45) is 0 Å². The number of rotatable bonds is 3. The van der Waals surface area contributed by atoms with E-state index >= 15 is 0 Å². The van der Waals surface area contributed by atoms with E-state index < -0.39 is 0 Å². The Balaban J connectivity index is 1.83. The van der Waals surface area contributed by atoms with Gasteiger partial charge in [-0.05, 0) is 18.6 Å². The van der Waals surface area contributed by atoms with Gasteiger partial charge in [0.2, 0.25) is 0 Å². The fourth-order valence-corrected chi connectivity index (χ4v) is 1.30. The van der Waals surface area contributed by atoms with Gasteiger partial charge in [-0.15, -0.1) is 0 Å². The fraction of sp³-hybridized carbons (Fsp3) is 0.500. The first-order valence-corrected chi connectivity index (χ1v) is 4.70. The molecular formula is C10H15N3. The summed E-state index contributed by atoms with van der Waals surface area (Å²) in [5, 5.41) is 6.68. The van der Waals surface area contributed by atoms with Crippen LogP contribution in [0.3, 0.4) is 0 Å². The first kappa shape index (κ1) is 8.66. The molecule has 0 aliphatic carbocycles. The molecule has 1 aliphatic heterocycles. The Labute approximate surface area is 78.6 Å². The van der Waals surface area contributed by atoms with Gasteiger partial charge in [0.1, 0.15) is 0 Å². The summed E-state index contributed by atoms with van der Waals surface area (Å²) in [6, 6.07) is 4.83. The van der Waals surface area contributed by atoms with Gasteiger partial charge in [-0.25, -0.2) is 0 Å². The molecule has 0 amide bonds. The number of aromatic nitrogens is 1. The average Bonchev–Trinajstić information content (AvgIpc) is 2.05.